The Balaban J connectivity index is 1.47. The molecule has 0 bridgehead atoms. The molecule has 0 radical (unpaired) electrons. The van der Waals surface area contributed by atoms with Crippen LogP contribution in [0.2, 0.25) is 0 Å². The molecule has 1 aromatic heterocycles. The molecule has 0 saturated carbocycles. The molecule has 1 aliphatic rings. The van der Waals surface area contributed by atoms with E-state index in [1.165, 1.54) is 12.3 Å². The highest BCUT2D eigenvalue weighted by molar-refractivity contribution is 7.89. The highest BCUT2D eigenvalue weighted by atomic mass is 32.2. The van der Waals surface area contributed by atoms with Gasteiger partial charge in [0.05, 0.1) is 18.8 Å². The molecule has 2 aromatic carbocycles. The van der Waals surface area contributed by atoms with Gasteiger partial charge in [-0.05, 0) is 30.3 Å². The van der Waals surface area contributed by atoms with Gasteiger partial charge in [0, 0.05) is 18.7 Å². The van der Waals surface area contributed by atoms with Crippen LogP contribution in [0, 0.1) is 5.82 Å². The molecule has 1 aliphatic heterocycles. The zero-order chi connectivity index (χ0) is 21.8. The number of ether oxygens (including phenoxy) is 2. The molecule has 0 atom stereocenters. The molecule has 0 spiro atoms. The lowest BCUT2D eigenvalue weighted by Gasteiger charge is -2.26. The summed E-state index contributed by atoms with van der Waals surface area (Å²) in [6.45, 7) is 0.507. The molecule has 31 heavy (non-hydrogen) atoms. The summed E-state index contributed by atoms with van der Waals surface area (Å²) < 4.78 is 56.7. The van der Waals surface area contributed by atoms with E-state index in [0.29, 0.717) is 11.6 Å². The predicted molar refractivity (Wildman–Crippen MR) is 107 cm³/mol. The molecule has 0 unspecified atom stereocenters. The number of oxazole rings is 1. The van der Waals surface area contributed by atoms with E-state index in [1.807, 2.05) is 30.3 Å². The molecule has 3 aromatic rings. The van der Waals surface area contributed by atoms with Crippen LogP contribution < -0.4 is 0 Å². The van der Waals surface area contributed by atoms with Crippen LogP contribution in [0.25, 0.3) is 11.5 Å². The summed E-state index contributed by atoms with van der Waals surface area (Å²) in [6.07, 6.45) is 1.37. The first-order chi connectivity index (χ1) is 14.9. The monoisotopic (exact) mass is 446 g/mol. The van der Waals surface area contributed by atoms with Crippen LogP contribution in [0.5, 0.6) is 0 Å². The van der Waals surface area contributed by atoms with Gasteiger partial charge in [0.1, 0.15) is 29.3 Å². The quantitative estimate of drug-likeness (QED) is 0.537. The second-order valence-corrected chi connectivity index (χ2v) is 8.65. The fraction of sp³-hybridized carbons (Fsp3) is 0.238. The van der Waals surface area contributed by atoms with Gasteiger partial charge in [0.15, 0.2) is 0 Å². The SMILES string of the molecule is O=C(OCc1coc(-c2ccccc2)n1)c1ccc(F)c(S(=O)(=O)N2CCOCC2)c1. The minimum absolute atomic E-state index is 0.0833. The van der Waals surface area contributed by atoms with E-state index in [0.717, 1.165) is 22.0 Å². The average Bonchev–Trinajstić information content (AvgIpc) is 3.28. The van der Waals surface area contributed by atoms with E-state index in [1.54, 1.807) is 0 Å². The topological polar surface area (TPSA) is 98.9 Å². The number of rotatable bonds is 6. The molecule has 4 rings (SSSR count). The maximum Gasteiger partial charge on any atom is 0.338 e. The summed E-state index contributed by atoms with van der Waals surface area (Å²) in [6, 6.07) is 12.3. The number of benzene rings is 2. The Morgan fingerprint density at radius 3 is 2.61 bits per heavy atom. The van der Waals surface area contributed by atoms with E-state index in [-0.39, 0.29) is 38.5 Å². The number of esters is 1. The van der Waals surface area contributed by atoms with E-state index in [9.17, 15) is 17.6 Å². The van der Waals surface area contributed by atoms with Crippen LogP contribution in [0.15, 0.2) is 64.1 Å². The molecule has 1 fully saturated rings. The molecular weight excluding hydrogens is 427 g/mol. The number of hydrogen-bond donors (Lipinski definition) is 0. The molecule has 0 amide bonds. The normalized spacial score (nSPS) is 15.0. The summed E-state index contributed by atoms with van der Waals surface area (Å²) in [5, 5.41) is 0. The van der Waals surface area contributed by atoms with Crippen LogP contribution in [-0.4, -0.2) is 50.0 Å². The van der Waals surface area contributed by atoms with Crippen molar-refractivity contribution in [3.8, 4) is 11.5 Å². The van der Waals surface area contributed by atoms with Gasteiger partial charge in [-0.25, -0.2) is 22.6 Å². The lowest BCUT2D eigenvalue weighted by molar-refractivity contribution is 0.0467. The smallest absolute Gasteiger partial charge is 0.338 e. The van der Waals surface area contributed by atoms with Crippen molar-refractivity contribution in [1.82, 2.24) is 9.29 Å². The molecule has 2 heterocycles. The maximum atomic E-state index is 14.3. The van der Waals surface area contributed by atoms with E-state index in [4.69, 9.17) is 13.9 Å². The van der Waals surface area contributed by atoms with E-state index in [2.05, 4.69) is 4.98 Å². The minimum atomic E-state index is -4.10. The number of sulfonamides is 1. The third kappa shape index (κ3) is 4.66. The van der Waals surface area contributed by atoms with Gasteiger partial charge >= 0.3 is 5.97 Å². The van der Waals surface area contributed by atoms with Crippen LogP contribution in [0.4, 0.5) is 4.39 Å². The van der Waals surface area contributed by atoms with Crippen molar-refractivity contribution in [2.75, 3.05) is 26.3 Å². The van der Waals surface area contributed by atoms with Crippen molar-refractivity contribution in [3.05, 3.63) is 71.9 Å². The van der Waals surface area contributed by atoms with Crippen LogP contribution in [-0.2, 0) is 26.1 Å². The summed E-state index contributed by atoms with van der Waals surface area (Å²) >= 11 is 0. The Morgan fingerprint density at radius 2 is 1.87 bits per heavy atom. The molecule has 162 valence electrons. The largest absolute Gasteiger partial charge is 0.455 e. The lowest BCUT2D eigenvalue weighted by Crippen LogP contribution is -2.41. The number of carbonyl (C=O) groups excluding carboxylic acids is 1. The van der Waals surface area contributed by atoms with Crippen LogP contribution >= 0.6 is 0 Å². The fourth-order valence-corrected chi connectivity index (χ4v) is 4.56. The maximum absolute atomic E-state index is 14.3. The van der Waals surface area contributed by atoms with Crippen molar-refractivity contribution >= 4 is 16.0 Å². The number of halogens is 1. The Labute approximate surface area is 178 Å². The molecule has 1 saturated heterocycles. The van der Waals surface area contributed by atoms with Gasteiger partial charge in [-0.2, -0.15) is 4.31 Å². The third-order valence-electron chi connectivity index (χ3n) is 4.68. The van der Waals surface area contributed by atoms with Gasteiger partial charge in [-0.3, -0.25) is 0 Å². The Bertz CT molecular complexity index is 1170. The van der Waals surface area contributed by atoms with Crippen molar-refractivity contribution in [1.29, 1.82) is 0 Å². The fourth-order valence-electron chi connectivity index (χ4n) is 3.06. The second kappa shape index (κ2) is 8.96. The Kier molecular flexibility index (Phi) is 6.12. The van der Waals surface area contributed by atoms with Gasteiger partial charge < -0.3 is 13.9 Å². The Morgan fingerprint density at radius 1 is 1.13 bits per heavy atom. The van der Waals surface area contributed by atoms with E-state index >= 15 is 0 Å². The molecule has 10 heteroatoms. The van der Waals surface area contributed by atoms with Crippen LogP contribution in [0.3, 0.4) is 0 Å². The van der Waals surface area contributed by atoms with Crippen molar-refractivity contribution < 1.29 is 31.5 Å². The zero-order valence-electron chi connectivity index (χ0n) is 16.4. The average molecular weight is 446 g/mol. The Hall–Kier alpha value is -3.08. The number of nitrogens with zero attached hydrogens (tertiary/aromatic N) is 2. The third-order valence-corrected chi connectivity index (χ3v) is 6.59. The second-order valence-electron chi connectivity index (χ2n) is 6.75. The first-order valence-electron chi connectivity index (χ1n) is 9.49. The summed E-state index contributed by atoms with van der Waals surface area (Å²) in [4.78, 5) is 16.1. The van der Waals surface area contributed by atoms with Gasteiger partial charge in [-0.15, -0.1) is 0 Å². The number of hydrogen-bond acceptors (Lipinski definition) is 7. The molecule has 8 nitrogen and oxygen atoms in total. The molecule has 0 N–H and O–H groups in total. The summed E-state index contributed by atoms with van der Waals surface area (Å²) in [7, 11) is -4.10. The summed E-state index contributed by atoms with van der Waals surface area (Å²) in [5.74, 6) is -1.36. The lowest BCUT2D eigenvalue weighted by atomic mass is 10.2. The number of morpholine rings is 1. The van der Waals surface area contributed by atoms with Gasteiger partial charge in [-0.1, -0.05) is 18.2 Å². The zero-order valence-corrected chi connectivity index (χ0v) is 17.2. The van der Waals surface area contributed by atoms with Crippen molar-refractivity contribution in [3.63, 3.8) is 0 Å². The highest BCUT2D eigenvalue weighted by Gasteiger charge is 2.30. The highest BCUT2D eigenvalue weighted by Crippen LogP contribution is 2.23. The summed E-state index contributed by atoms with van der Waals surface area (Å²) in [5.41, 5.74) is 1.08. The number of carbonyl (C=O) groups is 1. The van der Waals surface area contributed by atoms with Crippen molar-refractivity contribution in [2.45, 2.75) is 11.5 Å². The van der Waals surface area contributed by atoms with Gasteiger partial charge in [0.25, 0.3) is 0 Å². The van der Waals surface area contributed by atoms with Crippen LogP contribution in [0.1, 0.15) is 16.1 Å². The van der Waals surface area contributed by atoms with E-state index < -0.39 is 26.7 Å². The number of aromatic nitrogens is 1. The minimum Gasteiger partial charge on any atom is -0.455 e. The molecular formula is C21H19FN2O6S. The standard InChI is InChI=1S/C21H19FN2O6S/c22-18-7-6-16(12-19(18)31(26,27)24-8-10-28-11-9-24)21(25)30-14-17-13-29-20(23-17)15-4-2-1-3-5-15/h1-7,12-13H,8-11,14H2. The van der Waals surface area contributed by atoms with Crippen molar-refractivity contribution in [2.24, 2.45) is 0 Å². The predicted octanol–water partition coefficient (Wildman–Crippen LogP) is 2.86. The molecule has 0 aliphatic carbocycles. The first kappa shape index (κ1) is 21.2. The first-order valence-corrected chi connectivity index (χ1v) is 10.9. The van der Waals surface area contributed by atoms with Gasteiger partial charge in [0.2, 0.25) is 15.9 Å².